The minimum Gasteiger partial charge on any atom is -0.335 e. The summed E-state index contributed by atoms with van der Waals surface area (Å²) in [6.45, 7) is 9.74. The van der Waals surface area contributed by atoms with Gasteiger partial charge in [0, 0.05) is 31.5 Å². The number of hydrogen-bond donors (Lipinski definition) is 1. The second-order valence-corrected chi connectivity index (χ2v) is 7.54. The summed E-state index contributed by atoms with van der Waals surface area (Å²) in [5, 5.41) is 11.8. The SMILES string of the molecule is CC(C)CCn1nc2n(c1=O)CCC(Nc1nc(C(C)C)no1)CC2. The van der Waals surface area contributed by atoms with Gasteiger partial charge in [0.2, 0.25) is 0 Å². The molecular formula is C17H28N6O2. The van der Waals surface area contributed by atoms with Crippen LogP contribution in [0.3, 0.4) is 0 Å². The zero-order valence-electron chi connectivity index (χ0n) is 15.5. The van der Waals surface area contributed by atoms with Crippen molar-refractivity contribution in [1.82, 2.24) is 24.5 Å². The quantitative estimate of drug-likeness (QED) is 0.862. The lowest BCUT2D eigenvalue weighted by atomic mass is 10.1. The fraction of sp³-hybridized carbons (Fsp3) is 0.765. The van der Waals surface area contributed by atoms with Gasteiger partial charge in [0.25, 0.3) is 0 Å². The lowest BCUT2D eigenvalue weighted by Gasteiger charge is -2.13. The number of nitrogens with one attached hydrogen (secondary N) is 1. The molecule has 138 valence electrons. The number of rotatable bonds is 6. The van der Waals surface area contributed by atoms with Gasteiger partial charge in [0.05, 0.1) is 0 Å². The maximum atomic E-state index is 12.5. The molecule has 0 saturated heterocycles. The largest absolute Gasteiger partial charge is 0.345 e. The van der Waals surface area contributed by atoms with E-state index in [1.165, 1.54) is 0 Å². The molecule has 0 fully saturated rings. The van der Waals surface area contributed by atoms with E-state index in [9.17, 15) is 4.79 Å². The first-order valence-electron chi connectivity index (χ1n) is 9.20. The van der Waals surface area contributed by atoms with Crippen molar-refractivity contribution in [1.29, 1.82) is 0 Å². The van der Waals surface area contributed by atoms with Crippen molar-refractivity contribution in [3.63, 3.8) is 0 Å². The molecule has 25 heavy (non-hydrogen) atoms. The third-order valence-corrected chi connectivity index (χ3v) is 4.62. The van der Waals surface area contributed by atoms with E-state index >= 15 is 0 Å². The van der Waals surface area contributed by atoms with Gasteiger partial charge in [0.1, 0.15) is 5.82 Å². The van der Waals surface area contributed by atoms with Crippen molar-refractivity contribution < 1.29 is 4.52 Å². The van der Waals surface area contributed by atoms with Gasteiger partial charge >= 0.3 is 11.7 Å². The summed E-state index contributed by atoms with van der Waals surface area (Å²) >= 11 is 0. The molecule has 3 rings (SSSR count). The standard InChI is InChI=1S/C17H28N6O2/c1-11(2)7-10-23-17(24)22-9-8-13(5-6-14(22)20-23)18-16-19-15(12(3)4)21-25-16/h11-13H,5-10H2,1-4H3,(H,18,19,21). The number of anilines is 1. The molecule has 0 radical (unpaired) electrons. The van der Waals surface area contributed by atoms with Crippen LogP contribution in [0.15, 0.2) is 9.32 Å². The smallest absolute Gasteiger partial charge is 0.335 e. The molecule has 3 heterocycles. The summed E-state index contributed by atoms with van der Waals surface area (Å²) in [5.74, 6) is 2.39. The van der Waals surface area contributed by atoms with E-state index in [1.54, 1.807) is 4.68 Å². The van der Waals surface area contributed by atoms with Crippen LogP contribution in [0.4, 0.5) is 6.01 Å². The average Bonchev–Trinajstić information content (AvgIpc) is 3.07. The second-order valence-electron chi connectivity index (χ2n) is 7.54. The fourth-order valence-corrected chi connectivity index (χ4v) is 3.00. The van der Waals surface area contributed by atoms with Crippen LogP contribution in [0.5, 0.6) is 0 Å². The molecule has 0 aliphatic carbocycles. The van der Waals surface area contributed by atoms with Gasteiger partial charge < -0.3 is 9.84 Å². The Hall–Kier alpha value is -2.12. The van der Waals surface area contributed by atoms with Crippen LogP contribution in [0, 0.1) is 5.92 Å². The van der Waals surface area contributed by atoms with Crippen LogP contribution in [0.1, 0.15) is 64.5 Å². The van der Waals surface area contributed by atoms with E-state index in [1.807, 2.05) is 18.4 Å². The van der Waals surface area contributed by atoms with Crippen molar-refractivity contribution in [2.45, 2.75) is 78.4 Å². The van der Waals surface area contributed by atoms with Gasteiger partial charge in [-0.05, 0) is 25.2 Å². The van der Waals surface area contributed by atoms with Gasteiger partial charge in [-0.1, -0.05) is 32.9 Å². The molecule has 1 aliphatic rings. The first-order valence-corrected chi connectivity index (χ1v) is 9.20. The van der Waals surface area contributed by atoms with Crippen molar-refractivity contribution in [2.24, 2.45) is 5.92 Å². The predicted octanol–water partition coefficient (Wildman–Crippen LogP) is 2.41. The molecule has 1 atom stereocenters. The number of nitrogens with zero attached hydrogens (tertiary/aromatic N) is 5. The molecule has 0 amide bonds. The Balaban J connectivity index is 1.63. The molecule has 0 aromatic carbocycles. The lowest BCUT2D eigenvalue weighted by Crippen LogP contribution is -2.27. The minimum absolute atomic E-state index is 0.0104. The van der Waals surface area contributed by atoms with Crippen LogP contribution in [-0.4, -0.2) is 30.5 Å². The topological polar surface area (TPSA) is 90.8 Å². The molecule has 8 nitrogen and oxygen atoms in total. The molecule has 1 unspecified atom stereocenters. The predicted molar refractivity (Wildman–Crippen MR) is 94.7 cm³/mol. The molecule has 2 aromatic rings. The number of aryl methyl sites for hydroxylation is 2. The maximum Gasteiger partial charge on any atom is 0.345 e. The first-order chi connectivity index (χ1) is 11.9. The highest BCUT2D eigenvalue weighted by atomic mass is 16.5. The zero-order valence-corrected chi connectivity index (χ0v) is 15.5. The Bertz CT molecular complexity index is 758. The molecule has 0 saturated carbocycles. The Kier molecular flexibility index (Phi) is 5.24. The Morgan fingerprint density at radius 3 is 2.76 bits per heavy atom. The van der Waals surface area contributed by atoms with Gasteiger partial charge in [-0.2, -0.15) is 10.1 Å². The molecule has 0 bridgehead atoms. The lowest BCUT2D eigenvalue weighted by molar-refractivity contribution is 0.411. The minimum atomic E-state index is 0.0104. The number of hydrogen-bond acceptors (Lipinski definition) is 6. The average molecular weight is 348 g/mol. The van der Waals surface area contributed by atoms with E-state index in [2.05, 4.69) is 34.4 Å². The molecule has 1 N–H and O–H groups in total. The summed E-state index contributed by atoms with van der Waals surface area (Å²) < 4.78 is 8.70. The van der Waals surface area contributed by atoms with Crippen molar-refractivity contribution in [2.75, 3.05) is 5.32 Å². The summed E-state index contributed by atoms with van der Waals surface area (Å²) in [6.07, 6.45) is 3.46. The Labute approximate surface area is 147 Å². The highest BCUT2D eigenvalue weighted by molar-refractivity contribution is 5.21. The fourth-order valence-electron chi connectivity index (χ4n) is 3.00. The van der Waals surface area contributed by atoms with Gasteiger partial charge in [-0.15, -0.1) is 0 Å². The highest BCUT2D eigenvalue weighted by Crippen LogP contribution is 2.18. The van der Waals surface area contributed by atoms with Crippen molar-refractivity contribution in [3.8, 4) is 0 Å². The molecule has 2 aromatic heterocycles. The molecular weight excluding hydrogens is 320 g/mol. The third kappa shape index (κ3) is 4.11. The summed E-state index contributed by atoms with van der Waals surface area (Å²) in [7, 11) is 0. The van der Waals surface area contributed by atoms with E-state index < -0.39 is 0 Å². The maximum absolute atomic E-state index is 12.5. The van der Waals surface area contributed by atoms with Gasteiger partial charge in [0.15, 0.2) is 5.82 Å². The van der Waals surface area contributed by atoms with Crippen LogP contribution < -0.4 is 11.0 Å². The molecule has 1 aliphatic heterocycles. The normalized spacial score (nSPS) is 17.8. The van der Waals surface area contributed by atoms with E-state index in [0.29, 0.717) is 30.8 Å². The molecule has 0 spiro atoms. The Morgan fingerprint density at radius 1 is 1.28 bits per heavy atom. The highest BCUT2D eigenvalue weighted by Gasteiger charge is 2.22. The van der Waals surface area contributed by atoms with Gasteiger partial charge in [-0.25, -0.2) is 9.48 Å². The van der Waals surface area contributed by atoms with Crippen LogP contribution >= 0.6 is 0 Å². The zero-order chi connectivity index (χ0) is 18.0. The van der Waals surface area contributed by atoms with Gasteiger partial charge in [-0.3, -0.25) is 4.57 Å². The van der Waals surface area contributed by atoms with Crippen molar-refractivity contribution in [3.05, 3.63) is 22.1 Å². The van der Waals surface area contributed by atoms with E-state index in [0.717, 1.165) is 31.5 Å². The molecule has 8 heteroatoms. The third-order valence-electron chi connectivity index (χ3n) is 4.62. The number of fused-ring (bicyclic) bond motifs is 1. The Morgan fingerprint density at radius 2 is 2.08 bits per heavy atom. The number of aromatic nitrogens is 5. The van der Waals surface area contributed by atoms with Crippen LogP contribution in [0.25, 0.3) is 0 Å². The monoisotopic (exact) mass is 348 g/mol. The van der Waals surface area contributed by atoms with Crippen LogP contribution in [0.2, 0.25) is 0 Å². The van der Waals surface area contributed by atoms with Crippen LogP contribution in [-0.2, 0) is 19.5 Å². The van der Waals surface area contributed by atoms with E-state index in [4.69, 9.17) is 4.52 Å². The summed E-state index contributed by atoms with van der Waals surface area (Å²) in [4.78, 5) is 16.9. The second kappa shape index (κ2) is 7.41. The van der Waals surface area contributed by atoms with E-state index in [-0.39, 0.29) is 17.6 Å². The van der Waals surface area contributed by atoms with Crippen molar-refractivity contribution >= 4 is 6.01 Å². The summed E-state index contributed by atoms with van der Waals surface area (Å²) in [5.41, 5.74) is 0.0104. The summed E-state index contributed by atoms with van der Waals surface area (Å²) in [6, 6.07) is 0.660. The first kappa shape index (κ1) is 17.7.